The van der Waals surface area contributed by atoms with Gasteiger partial charge in [-0.15, -0.1) is 0 Å². The van der Waals surface area contributed by atoms with E-state index >= 15 is 0 Å². The summed E-state index contributed by atoms with van der Waals surface area (Å²) in [5.74, 6) is 8.54. The van der Waals surface area contributed by atoms with Crippen LogP contribution >= 0.6 is 0 Å². The molecule has 1 heterocycles. The van der Waals surface area contributed by atoms with Crippen molar-refractivity contribution >= 4 is 6.21 Å². The van der Waals surface area contributed by atoms with Crippen molar-refractivity contribution in [3.8, 4) is 0 Å². The summed E-state index contributed by atoms with van der Waals surface area (Å²) in [7, 11) is 0. The van der Waals surface area contributed by atoms with Gasteiger partial charge in [0.1, 0.15) is 17.7 Å². The van der Waals surface area contributed by atoms with Crippen molar-refractivity contribution in [2.24, 2.45) is 28.6 Å². The van der Waals surface area contributed by atoms with Gasteiger partial charge in [0.05, 0.1) is 12.4 Å². The highest BCUT2D eigenvalue weighted by Crippen LogP contribution is 2.35. The molecular weight excluding hydrogens is 250 g/mol. The Labute approximate surface area is 122 Å². The molecule has 1 saturated carbocycles. The molecule has 20 heavy (non-hydrogen) atoms. The van der Waals surface area contributed by atoms with E-state index in [0.29, 0.717) is 11.6 Å². The maximum absolute atomic E-state index is 5.75. The van der Waals surface area contributed by atoms with Crippen LogP contribution in [0, 0.1) is 17.8 Å². The second-order valence-corrected chi connectivity index (χ2v) is 6.35. The smallest absolute Gasteiger partial charge is 0.125 e. The van der Waals surface area contributed by atoms with Crippen molar-refractivity contribution in [3.05, 3.63) is 23.9 Å². The number of allylic oxidation sites excluding steroid dienone is 2. The normalized spacial score (nSPS) is 27.2. The third-order valence-corrected chi connectivity index (χ3v) is 4.20. The summed E-state index contributed by atoms with van der Waals surface area (Å²) in [6.45, 7) is 4.64. The molecule has 0 aromatic rings. The molecule has 2 unspecified atom stereocenters. The fourth-order valence-corrected chi connectivity index (χ4v) is 3.22. The third-order valence-electron chi connectivity index (χ3n) is 4.20. The summed E-state index contributed by atoms with van der Waals surface area (Å²) in [5, 5.41) is 0. The van der Waals surface area contributed by atoms with Crippen LogP contribution in [0.5, 0.6) is 0 Å². The Bertz CT molecular complexity index is 399. The highest BCUT2D eigenvalue weighted by Gasteiger charge is 2.23. The zero-order chi connectivity index (χ0) is 14.4. The topological polar surface area (TPSA) is 59.6 Å². The quantitative estimate of drug-likeness (QED) is 0.470. The van der Waals surface area contributed by atoms with E-state index in [0.717, 1.165) is 17.6 Å². The number of aliphatic imine (C=N–C) groups is 1. The molecule has 4 nitrogen and oxygen atoms in total. The van der Waals surface area contributed by atoms with E-state index in [9.17, 15) is 0 Å². The summed E-state index contributed by atoms with van der Waals surface area (Å²) in [6, 6.07) is 0. The molecule has 4 heteroatoms. The van der Waals surface area contributed by atoms with Gasteiger partial charge in [0.15, 0.2) is 0 Å². The van der Waals surface area contributed by atoms with Crippen LogP contribution < -0.4 is 11.3 Å². The Morgan fingerprint density at radius 1 is 1.35 bits per heavy atom. The number of nitrogens with one attached hydrogen (secondary N) is 1. The van der Waals surface area contributed by atoms with Crippen molar-refractivity contribution in [2.75, 3.05) is 0 Å². The summed E-state index contributed by atoms with van der Waals surface area (Å²) < 4.78 is 5.75. The largest absolute Gasteiger partial charge is 0.465 e. The van der Waals surface area contributed by atoms with Crippen LogP contribution in [0.4, 0.5) is 0 Å². The van der Waals surface area contributed by atoms with E-state index in [1.165, 1.54) is 38.5 Å². The van der Waals surface area contributed by atoms with Gasteiger partial charge in [-0.05, 0) is 37.5 Å². The second kappa shape index (κ2) is 7.48. The molecule has 0 spiro atoms. The molecule has 2 rings (SSSR count). The minimum absolute atomic E-state index is 0.498. The molecule has 3 N–H and O–H groups in total. The van der Waals surface area contributed by atoms with Gasteiger partial charge in [-0.2, -0.15) is 0 Å². The van der Waals surface area contributed by atoms with Gasteiger partial charge in [0.25, 0.3) is 0 Å². The fourth-order valence-electron chi connectivity index (χ4n) is 3.22. The van der Waals surface area contributed by atoms with Gasteiger partial charge >= 0.3 is 0 Å². The standard InChI is InChI=1S/C16H27N3O/c1-12(2)8-13-4-3-5-14(7-6-13)16-10-18-9-15(19-17)11-20-16/h9-14,19H,3-8,17H2,1-2H3. The number of nitrogens with zero attached hydrogens (tertiary/aromatic N) is 1. The monoisotopic (exact) mass is 277 g/mol. The molecule has 0 radical (unpaired) electrons. The maximum atomic E-state index is 5.75. The van der Waals surface area contributed by atoms with Crippen molar-refractivity contribution in [1.29, 1.82) is 0 Å². The molecule has 112 valence electrons. The summed E-state index contributed by atoms with van der Waals surface area (Å²) >= 11 is 0. The van der Waals surface area contributed by atoms with Crippen molar-refractivity contribution < 1.29 is 4.74 Å². The fraction of sp³-hybridized carbons (Fsp3) is 0.688. The van der Waals surface area contributed by atoms with E-state index in [-0.39, 0.29) is 0 Å². The molecule has 0 saturated heterocycles. The summed E-state index contributed by atoms with van der Waals surface area (Å²) in [6.07, 6.45) is 12.9. The van der Waals surface area contributed by atoms with Gasteiger partial charge in [-0.25, -0.2) is 0 Å². The number of hydrazine groups is 1. The lowest BCUT2D eigenvalue weighted by Crippen LogP contribution is -2.21. The first kappa shape index (κ1) is 15.1. The lowest BCUT2D eigenvalue weighted by Gasteiger charge is -2.18. The van der Waals surface area contributed by atoms with E-state index in [2.05, 4.69) is 24.3 Å². The minimum atomic E-state index is 0.498. The van der Waals surface area contributed by atoms with Crippen LogP contribution in [0.3, 0.4) is 0 Å². The summed E-state index contributed by atoms with van der Waals surface area (Å²) in [5.41, 5.74) is 3.26. The molecule has 0 bridgehead atoms. The van der Waals surface area contributed by atoms with E-state index in [4.69, 9.17) is 10.6 Å². The molecule has 0 amide bonds. The Balaban J connectivity index is 1.92. The first-order chi connectivity index (χ1) is 9.69. The van der Waals surface area contributed by atoms with Crippen molar-refractivity contribution in [3.63, 3.8) is 0 Å². The number of ether oxygens (including phenoxy) is 1. The summed E-state index contributed by atoms with van der Waals surface area (Å²) in [4.78, 5) is 4.25. The van der Waals surface area contributed by atoms with Gasteiger partial charge < -0.3 is 10.2 Å². The Kier molecular flexibility index (Phi) is 5.65. The lowest BCUT2D eigenvalue weighted by molar-refractivity contribution is 0.268. The molecular formula is C16H27N3O. The van der Waals surface area contributed by atoms with Crippen LogP contribution in [0.25, 0.3) is 0 Å². The number of hydrogen-bond donors (Lipinski definition) is 2. The second-order valence-electron chi connectivity index (χ2n) is 6.35. The van der Waals surface area contributed by atoms with Gasteiger partial charge in [0, 0.05) is 5.92 Å². The third kappa shape index (κ3) is 4.37. The minimum Gasteiger partial charge on any atom is -0.465 e. The Hall–Kier alpha value is -1.29. The molecule has 1 aliphatic heterocycles. The lowest BCUT2D eigenvalue weighted by atomic mass is 9.90. The SMILES string of the molecule is CC(C)CC1CCCC(C2=CN=CC(NN)=CO2)CC1. The average molecular weight is 277 g/mol. The van der Waals surface area contributed by atoms with E-state index < -0.39 is 0 Å². The maximum Gasteiger partial charge on any atom is 0.125 e. The molecule has 1 aliphatic carbocycles. The van der Waals surface area contributed by atoms with Crippen LogP contribution in [-0.4, -0.2) is 6.21 Å². The molecule has 0 aromatic carbocycles. The number of hydrogen-bond acceptors (Lipinski definition) is 4. The predicted octanol–water partition coefficient (Wildman–Crippen LogP) is 3.48. The highest BCUT2D eigenvalue weighted by molar-refractivity contribution is 5.78. The average Bonchev–Trinajstić information content (AvgIpc) is 2.78. The van der Waals surface area contributed by atoms with Crippen LogP contribution in [0.15, 0.2) is 28.9 Å². The molecule has 2 aliphatic rings. The van der Waals surface area contributed by atoms with E-state index in [1.54, 1.807) is 12.5 Å². The van der Waals surface area contributed by atoms with Crippen molar-refractivity contribution in [1.82, 2.24) is 5.43 Å². The van der Waals surface area contributed by atoms with E-state index in [1.807, 2.05) is 6.20 Å². The predicted molar refractivity (Wildman–Crippen MR) is 82.6 cm³/mol. The number of nitrogens with two attached hydrogens (primary N) is 1. The van der Waals surface area contributed by atoms with Crippen molar-refractivity contribution in [2.45, 2.75) is 52.4 Å². The zero-order valence-electron chi connectivity index (χ0n) is 12.6. The van der Waals surface area contributed by atoms with Crippen LogP contribution in [0.2, 0.25) is 0 Å². The van der Waals surface area contributed by atoms with Crippen LogP contribution in [-0.2, 0) is 4.74 Å². The molecule has 1 fully saturated rings. The Morgan fingerprint density at radius 2 is 2.20 bits per heavy atom. The molecule has 0 aromatic heterocycles. The van der Waals surface area contributed by atoms with Gasteiger partial charge in [-0.3, -0.25) is 10.8 Å². The highest BCUT2D eigenvalue weighted by atomic mass is 16.5. The number of rotatable bonds is 4. The first-order valence-corrected chi connectivity index (χ1v) is 7.75. The molecule has 2 atom stereocenters. The van der Waals surface area contributed by atoms with Crippen LogP contribution in [0.1, 0.15) is 52.4 Å². The Morgan fingerprint density at radius 3 is 2.95 bits per heavy atom. The first-order valence-electron chi connectivity index (χ1n) is 7.75. The van der Waals surface area contributed by atoms with Gasteiger partial charge in [-0.1, -0.05) is 26.7 Å². The van der Waals surface area contributed by atoms with Gasteiger partial charge in [0.2, 0.25) is 0 Å². The zero-order valence-corrected chi connectivity index (χ0v) is 12.6.